The van der Waals surface area contributed by atoms with Gasteiger partial charge in [0.05, 0.1) is 23.9 Å². The molecule has 5 rings (SSSR count). The molecule has 0 atom stereocenters. The van der Waals surface area contributed by atoms with Gasteiger partial charge in [0.15, 0.2) is 0 Å². The van der Waals surface area contributed by atoms with Crippen LogP contribution in [0, 0.1) is 13.8 Å². The number of fused-ring (bicyclic) bond motifs is 1. The number of carbonyl (C=O) groups is 2. The third kappa shape index (κ3) is 4.74. The van der Waals surface area contributed by atoms with Crippen LogP contribution in [-0.2, 0) is 4.79 Å². The number of aromatic nitrogens is 2. The molecule has 1 saturated heterocycles. The number of para-hydroxylation sites is 1. The Morgan fingerprint density at radius 2 is 1.65 bits per heavy atom. The lowest BCUT2D eigenvalue weighted by molar-refractivity contribution is -0.129. The van der Waals surface area contributed by atoms with Crippen molar-refractivity contribution in [1.29, 1.82) is 0 Å². The molecule has 1 aromatic heterocycles. The van der Waals surface area contributed by atoms with Crippen LogP contribution in [-0.4, -0.2) is 60.2 Å². The Hall–Kier alpha value is -4.33. The van der Waals surface area contributed by atoms with E-state index in [1.54, 1.807) is 14.0 Å². The van der Waals surface area contributed by atoms with Crippen LogP contribution in [0.25, 0.3) is 22.2 Å². The van der Waals surface area contributed by atoms with Gasteiger partial charge < -0.3 is 19.9 Å². The SMILES string of the molecule is COc1cc2[nH]nc(-c3ccc(N4CCN(C(C)=O)CC4)cc3)c2cc1C(=O)Nc1c(C)cccc1C. The van der Waals surface area contributed by atoms with Crippen LogP contribution in [0.5, 0.6) is 5.75 Å². The number of ether oxygens (including phenoxy) is 1. The molecule has 1 fully saturated rings. The maximum atomic E-state index is 13.3. The number of piperazine rings is 1. The summed E-state index contributed by atoms with van der Waals surface area (Å²) in [6.07, 6.45) is 0. The monoisotopic (exact) mass is 497 g/mol. The van der Waals surface area contributed by atoms with Gasteiger partial charge in [-0.3, -0.25) is 14.7 Å². The molecule has 3 aromatic carbocycles. The van der Waals surface area contributed by atoms with Gasteiger partial charge in [-0.1, -0.05) is 30.3 Å². The van der Waals surface area contributed by atoms with Crippen molar-refractivity contribution in [3.8, 4) is 17.0 Å². The predicted molar refractivity (Wildman–Crippen MR) is 146 cm³/mol. The van der Waals surface area contributed by atoms with Crippen molar-refractivity contribution < 1.29 is 14.3 Å². The van der Waals surface area contributed by atoms with Gasteiger partial charge in [0.25, 0.3) is 5.91 Å². The summed E-state index contributed by atoms with van der Waals surface area (Å²) in [7, 11) is 1.56. The Labute approximate surface area is 216 Å². The molecule has 2 N–H and O–H groups in total. The van der Waals surface area contributed by atoms with Gasteiger partial charge in [-0.05, 0) is 43.2 Å². The van der Waals surface area contributed by atoms with E-state index in [0.717, 1.165) is 70.8 Å². The quantitative estimate of drug-likeness (QED) is 0.414. The molecule has 0 bridgehead atoms. The van der Waals surface area contributed by atoms with Crippen molar-refractivity contribution in [3.63, 3.8) is 0 Å². The van der Waals surface area contributed by atoms with Crippen molar-refractivity contribution >= 4 is 34.1 Å². The van der Waals surface area contributed by atoms with Crippen LogP contribution in [0.4, 0.5) is 11.4 Å². The van der Waals surface area contributed by atoms with Crippen LogP contribution < -0.4 is 15.0 Å². The highest BCUT2D eigenvalue weighted by molar-refractivity contribution is 6.10. The number of aryl methyl sites for hydroxylation is 2. The molecule has 0 aliphatic carbocycles. The zero-order valence-corrected chi connectivity index (χ0v) is 21.6. The summed E-state index contributed by atoms with van der Waals surface area (Å²) in [5.41, 5.74) is 6.87. The van der Waals surface area contributed by atoms with Gasteiger partial charge in [-0.25, -0.2) is 0 Å². The molecule has 0 saturated carbocycles. The van der Waals surface area contributed by atoms with Crippen molar-refractivity contribution in [2.45, 2.75) is 20.8 Å². The van der Waals surface area contributed by atoms with E-state index in [4.69, 9.17) is 4.74 Å². The summed E-state index contributed by atoms with van der Waals surface area (Å²) >= 11 is 0. The van der Waals surface area contributed by atoms with E-state index in [1.807, 2.05) is 61.2 Å². The van der Waals surface area contributed by atoms with Gasteiger partial charge >= 0.3 is 0 Å². The number of aromatic amines is 1. The van der Waals surface area contributed by atoms with Gasteiger partial charge in [0, 0.05) is 61.5 Å². The minimum Gasteiger partial charge on any atom is -0.496 e. The second-order valence-corrected chi connectivity index (χ2v) is 9.43. The first-order valence-corrected chi connectivity index (χ1v) is 12.4. The van der Waals surface area contributed by atoms with E-state index in [1.165, 1.54) is 0 Å². The smallest absolute Gasteiger partial charge is 0.259 e. The molecule has 190 valence electrons. The Bertz CT molecular complexity index is 1450. The Kier molecular flexibility index (Phi) is 6.56. The van der Waals surface area contributed by atoms with Crippen molar-refractivity contribution in [2.24, 2.45) is 0 Å². The highest BCUT2D eigenvalue weighted by Crippen LogP contribution is 2.33. The standard InChI is InChI=1S/C29H31N5O3/c1-18-6-5-7-19(2)27(18)30-29(36)24-16-23-25(17-26(24)37-4)31-32-28(23)21-8-10-22(11-9-21)34-14-12-33(13-15-34)20(3)35/h5-11,16-17H,12-15H2,1-4H3,(H,30,36)(H,31,32). The summed E-state index contributed by atoms with van der Waals surface area (Å²) in [5, 5.41) is 11.5. The normalized spacial score (nSPS) is 13.6. The zero-order valence-electron chi connectivity index (χ0n) is 21.6. The Morgan fingerprint density at radius 1 is 0.973 bits per heavy atom. The molecule has 2 amide bonds. The number of anilines is 2. The van der Waals surface area contributed by atoms with Crippen LogP contribution >= 0.6 is 0 Å². The highest BCUT2D eigenvalue weighted by Gasteiger charge is 2.21. The summed E-state index contributed by atoms with van der Waals surface area (Å²) in [5.74, 6) is 0.369. The molecule has 1 aliphatic rings. The molecular weight excluding hydrogens is 466 g/mol. The van der Waals surface area contributed by atoms with Crippen molar-refractivity contribution in [1.82, 2.24) is 15.1 Å². The van der Waals surface area contributed by atoms with Crippen molar-refractivity contribution in [3.05, 3.63) is 71.3 Å². The molecule has 0 unspecified atom stereocenters. The van der Waals surface area contributed by atoms with Crippen LogP contribution in [0.2, 0.25) is 0 Å². The number of methoxy groups -OCH3 is 1. The largest absolute Gasteiger partial charge is 0.496 e. The number of rotatable bonds is 5. The molecule has 4 aromatic rings. The lowest BCUT2D eigenvalue weighted by Gasteiger charge is -2.35. The van der Waals surface area contributed by atoms with E-state index in [0.29, 0.717) is 11.3 Å². The molecule has 2 heterocycles. The fourth-order valence-electron chi connectivity index (χ4n) is 4.91. The van der Waals surface area contributed by atoms with E-state index in [2.05, 4.69) is 32.5 Å². The topological polar surface area (TPSA) is 90.6 Å². The van der Waals surface area contributed by atoms with E-state index in [9.17, 15) is 9.59 Å². The van der Waals surface area contributed by atoms with Gasteiger partial charge in [0.2, 0.25) is 5.91 Å². The number of amides is 2. The maximum Gasteiger partial charge on any atom is 0.259 e. The summed E-state index contributed by atoms with van der Waals surface area (Å²) in [6, 6.07) is 17.8. The fourth-order valence-corrected chi connectivity index (χ4v) is 4.91. The van der Waals surface area contributed by atoms with E-state index >= 15 is 0 Å². The predicted octanol–water partition coefficient (Wildman–Crippen LogP) is 4.78. The number of nitrogens with zero attached hydrogens (tertiary/aromatic N) is 3. The first-order valence-electron chi connectivity index (χ1n) is 12.4. The number of H-pyrrole nitrogens is 1. The number of hydrogen-bond donors (Lipinski definition) is 2. The average Bonchev–Trinajstić information content (AvgIpc) is 3.33. The number of carbonyl (C=O) groups excluding carboxylic acids is 2. The number of benzene rings is 3. The lowest BCUT2D eigenvalue weighted by atomic mass is 10.0. The zero-order chi connectivity index (χ0) is 26.1. The molecule has 8 heteroatoms. The van der Waals surface area contributed by atoms with Crippen LogP contribution in [0.15, 0.2) is 54.6 Å². The maximum absolute atomic E-state index is 13.3. The lowest BCUT2D eigenvalue weighted by Crippen LogP contribution is -2.48. The van der Waals surface area contributed by atoms with Gasteiger partial charge in [-0.15, -0.1) is 0 Å². The molecule has 0 radical (unpaired) electrons. The first kappa shape index (κ1) is 24.4. The van der Waals surface area contributed by atoms with E-state index in [-0.39, 0.29) is 11.8 Å². The second kappa shape index (κ2) is 9.97. The van der Waals surface area contributed by atoms with Gasteiger partial charge in [-0.2, -0.15) is 5.10 Å². The summed E-state index contributed by atoms with van der Waals surface area (Å²) in [4.78, 5) is 29.1. The van der Waals surface area contributed by atoms with Crippen LogP contribution in [0.3, 0.4) is 0 Å². The second-order valence-electron chi connectivity index (χ2n) is 9.43. The molecule has 8 nitrogen and oxygen atoms in total. The minimum absolute atomic E-state index is 0.124. The Morgan fingerprint density at radius 3 is 2.27 bits per heavy atom. The Balaban J connectivity index is 1.43. The van der Waals surface area contributed by atoms with Crippen LogP contribution in [0.1, 0.15) is 28.4 Å². The number of nitrogens with one attached hydrogen (secondary N) is 2. The molecular formula is C29H31N5O3. The molecule has 0 spiro atoms. The number of hydrogen-bond acceptors (Lipinski definition) is 5. The average molecular weight is 498 g/mol. The first-order chi connectivity index (χ1) is 17.9. The van der Waals surface area contributed by atoms with E-state index < -0.39 is 0 Å². The van der Waals surface area contributed by atoms with Crippen molar-refractivity contribution in [2.75, 3.05) is 43.5 Å². The minimum atomic E-state index is -0.233. The molecule has 1 aliphatic heterocycles. The summed E-state index contributed by atoms with van der Waals surface area (Å²) < 4.78 is 5.55. The third-order valence-electron chi connectivity index (χ3n) is 7.08. The summed E-state index contributed by atoms with van der Waals surface area (Å²) in [6.45, 7) is 8.65. The third-order valence-corrected chi connectivity index (χ3v) is 7.08. The van der Waals surface area contributed by atoms with Gasteiger partial charge in [0.1, 0.15) is 5.75 Å². The fraction of sp³-hybridized carbons (Fsp3) is 0.276. The molecule has 37 heavy (non-hydrogen) atoms. The highest BCUT2D eigenvalue weighted by atomic mass is 16.5.